The van der Waals surface area contributed by atoms with Gasteiger partial charge in [0, 0.05) is 16.5 Å². The normalized spacial score (nSPS) is 19.4. The van der Waals surface area contributed by atoms with Gasteiger partial charge in [-0.05, 0) is 24.1 Å². The highest BCUT2D eigenvalue weighted by atomic mass is 16.6. The second-order valence-electron chi connectivity index (χ2n) is 7.35. The lowest BCUT2D eigenvalue weighted by Crippen LogP contribution is -2.44. The van der Waals surface area contributed by atoms with Gasteiger partial charge in [0.15, 0.2) is 5.60 Å². The molecule has 1 atom stereocenters. The van der Waals surface area contributed by atoms with Crippen LogP contribution in [0.25, 0.3) is 22.3 Å². The largest absolute Gasteiger partial charge is 0.458 e. The first-order valence-electron chi connectivity index (χ1n) is 9.40. The summed E-state index contributed by atoms with van der Waals surface area (Å²) in [6.07, 6.45) is 0.0999. The first-order valence-corrected chi connectivity index (χ1v) is 9.40. The zero-order chi connectivity index (χ0) is 20.3. The number of para-hydroxylation sites is 1. The number of aromatic nitrogens is 2. The zero-order valence-corrected chi connectivity index (χ0v) is 15.7. The first-order chi connectivity index (χ1) is 14.0. The topological polar surface area (TPSA) is 118 Å². The van der Waals surface area contributed by atoms with Gasteiger partial charge in [-0.2, -0.15) is 5.11 Å². The highest BCUT2D eigenvalue weighted by Gasteiger charge is 2.45. The van der Waals surface area contributed by atoms with Crippen LogP contribution in [0.3, 0.4) is 0 Å². The van der Waals surface area contributed by atoms with Gasteiger partial charge in [0.2, 0.25) is 0 Å². The smallest absolute Gasteiger partial charge is 0.343 e. The molecule has 2 aliphatic rings. The fourth-order valence-corrected chi connectivity index (χ4v) is 4.37. The average Bonchev–Trinajstić information content (AvgIpc) is 3.10. The molecule has 0 aliphatic carbocycles. The summed E-state index contributed by atoms with van der Waals surface area (Å²) in [6.45, 7) is 2.01. The van der Waals surface area contributed by atoms with Gasteiger partial charge < -0.3 is 14.4 Å². The maximum absolute atomic E-state index is 13.2. The van der Waals surface area contributed by atoms with Crippen LogP contribution in [0.15, 0.2) is 40.2 Å². The Balaban J connectivity index is 1.84. The van der Waals surface area contributed by atoms with E-state index < -0.39 is 11.6 Å². The van der Waals surface area contributed by atoms with Gasteiger partial charge in [-0.15, -0.1) is 0 Å². The van der Waals surface area contributed by atoms with Crippen LogP contribution in [-0.2, 0) is 34.8 Å². The van der Waals surface area contributed by atoms with E-state index in [1.807, 2.05) is 24.3 Å². The molecule has 0 spiro atoms. The monoisotopic (exact) mass is 390 g/mol. The van der Waals surface area contributed by atoms with Crippen LogP contribution >= 0.6 is 0 Å². The second-order valence-corrected chi connectivity index (χ2v) is 7.35. The number of pyridine rings is 2. The van der Waals surface area contributed by atoms with Gasteiger partial charge in [0.1, 0.15) is 6.61 Å². The van der Waals surface area contributed by atoms with Gasteiger partial charge in [-0.25, -0.2) is 15.3 Å². The van der Waals surface area contributed by atoms with Crippen molar-refractivity contribution in [2.75, 3.05) is 0 Å². The molecule has 0 fully saturated rings. The minimum absolute atomic E-state index is 0.0999. The van der Waals surface area contributed by atoms with Crippen LogP contribution in [0.1, 0.15) is 35.6 Å². The third kappa shape index (κ3) is 2.26. The van der Waals surface area contributed by atoms with E-state index in [1.165, 1.54) is 0 Å². The van der Waals surface area contributed by atoms with E-state index in [9.17, 15) is 14.7 Å². The van der Waals surface area contributed by atoms with Crippen molar-refractivity contribution in [2.45, 2.75) is 38.6 Å². The number of nitrogens with one attached hydrogen (secondary N) is 1. The number of cyclic esters (lactones) is 1. The molecule has 4 heterocycles. The number of hydrogen-bond donors (Lipinski definition) is 2. The molecule has 146 valence electrons. The fraction of sp³-hybridized carbons (Fsp3) is 0.286. The Morgan fingerprint density at radius 1 is 1.31 bits per heavy atom. The van der Waals surface area contributed by atoms with Crippen LogP contribution in [0, 0.1) is 5.53 Å². The third-order valence-corrected chi connectivity index (χ3v) is 5.95. The number of rotatable bonds is 3. The van der Waals surface area contributed by atoms with E-state index in [-0.39, 0.29) is 25.1 Å². The van der Waals surface area contributed by atoms with Crippen LogP contribution in [0.5, 0.6) is 0 Å². The molecule has 0 amide bonds. The number of carbonyl (C=O) groups is 1. The van der Waals surface area contributed by atoms with Crippen LogP contribution in [0.2, 0.25) is 0 Å². The number of fused-ring (bicyclic) bond motifs is 5. The summed E-state index contributed by atoms with van der Waals surface area (Å²) < 4.78 is 6.69. The van der Waals surface area contributed by atoms with Crippen molar-refractivity contribution >= 4 is 16.9 Å². The Morgan fingerprint density at radius 3 is 2.86 bits per heavy atom. The van der Waals surface area contributed by atoms with Crippen LogP contribution in [0.4, 0.5) is 0 Å². The van der Waals surface area contributed by atoms with Gasteiger partial charge >= 0.3 is 5.97 Å². The SMILES string of the molecule is CC[C@@]1(O)C(=O)OCc2c1cc1n(c2=O)Cc2c-1nc1ccccc1c2CN=N. The van der Waals surface area contributed by atoms with E-state index in [2.05, 4.69) is 5.11 Å². The molecule has 0 saturated carbocycles. The molecule has 8 nitrogen and oxygen atoms in total. The van der Waals surface area contributed by atoms with Crippen molar-refractivity contribution in [3.63, 3.8) is 0 Å². The number of ether oxygens (including phenoxy) is 1. The van der Waals surface area contributed by atoms with Crippen LogP contribution in [-0.4, -0.2) is 20.6 Å². The van der Waals surface area contributed by atoms with Gasteiger partial charge in [-0.3, -0.25) is 4.79 Å². The van der Waals surface area contributed by atoms with E-state index in [4.69, 9.17) is 15.3 Å². The summed E-state index contributed by atoms with van der Waals surface area (Å²) in [6, 6.07) is 9.28. The lowest BCUT2D eigenvalue weighted by molar-refractivity contribution is -0.172. The standard InChI is InChI=1S/C21H18N4O4/c1-2-21(28)15-7-17-18-13(9-25(17)19(26)14(15)10-29-20(21)27)12(8-23-22)11-5-3-4-6-16(11)24-18/h3-7,22,28H,2,8-10H2,1H3/t21-/m0/s1. The minimum atomic E-state index is -1.85. The molecule has 5 rings (SSSR count). The predicted octanol–water partition coefficient (Wildman–Crippen LogP) is 2.61. The third-order valence-electron chi connectivity index (χ3n) is 5.95. The van der Waals surface area contributed by atoms with Crippen LogP contribution < -0.4 is 5.56 Å². The highest BCUT2D eigenvalue weighted by Crippen LogP contribution is 2.40. The molecule has 3 aromatic rings. The lowest BCUT2D eigenvalue weighted by atomic mass is 9.86. The number of hydrogen-bond acceptors (Lipinski definition) is 7. The fourth-order valence-electron chi connectivity index (χ4n) is 4.37. The second kappa shape index (κ2) is 6.05. The van der Waals surface area contributed by atoms with Gasteiger partial charge in [0.25, 0.3) is 5.56 Å². The number of esters is 1. The number of carbonyl (C=O) groups excluding carboxylic acids is 1. The Labute approximate surface area is 165 Å². The molecule has 2 N–H and O–H groups in total. The average molecular weight is 390 g/mol. The summed E-state index contributed by atoms with van der Waals surface area (Å²) in [5.41, 5.74) is 9.43. The summed E-state index contributed by atoms with van der Waals surface area (Å²) >= 11 is 0. The summed E-state index contributed by atoms with van der Waals surface area (Å²) in [7, 11) is 0. The van der Waals surface area contributed by atoms with Gasteiger partial charge in [0.05, 0.1) is 35.6 Å². The Kier molecular flexibility index (Phi) is 3.69. The molecule has 29 heavy (non-hydrogen) atoms. The van der Waals surface area contributed by atoms with E-state index >= 15 is 0 Å². The number of nitrogens with zero attached hydrogens (tertiary/aromatic N) is 3. The van der Waals surface area contributed by atoms with Crippen molar-refractivity contribution < 1.29 is 14.6 Å². The molecule has 0 bridgehead atoms. The minimum Gasteiger partial charge on any atom is -0.458 e. The van der Waals surface area contributed by atoms with E-state index in [0.29, 0.717) is 29.1 Å². The lowest BCUT2D eigenvalue weighted by Gasteiger charge is -2.31. The quantitative estimate of drug-likeness (QED) is 0.412. The van der Waals surface area contributed by atoms with Crippen molar-refractivity contribution in [1.82, 2.24) is 9.55 Å². The van der Waals surface area contributed by atoms with Crippen molar-refractivity contribution in [2.24, 2.45) is 5.11 Å². The van der Waals surface area contributed by atoms with Crippen molar-refractivity contribution in [3.8, 4) is 11.4 Å². The molecule has 2 aliphatic heterocycles. The molecule has 0 unspecified atom stereocenters. The Hall–Kier alpha value is -3.39. The van der Waals surface area contributed by atoms with Crippen molar-refractivity contribution in [3.05, 3.63) is 62.9 Å². The van der Waals surface area contributed by atoms with Crippen molar-refractivity contribution in [1.29, 1.82) is 5.53 Å². The molecule has 8 heteroatoms. The van der Waals surface area contributed by atoms with E-state index in [1.54, 1.807) is 17.6 Å². The zero-order valence-electron chi connectivity index (χ0n) is 15.7. The molecular weight excluding hydrogens is 372 g/mol. The van der Waals surface area contributed by atoms with E-state index in [0.717, 1.165) is 22.0 Å². The molecule has 1 aromatic carbocycles. The van der Waals surface area contributed by atoms with Gasteiger partial charge in [-0.1, -0.05) is 25.1 Å². The predicted molar refractivity (Wildman–Crippen MR) is 103 cm³/mol. The molecule has 0 radical (unpaired) electrons. The summed E-state index contributed by atoms with van der Waals surface area (Å²) in [5, 5.41) is 15.4. The summed E-state index contributed by atoms with van der Waals surface area (Å²) in [4.78, 5) is 30.2. The Morgan fingerprint density at radius 2 is 2.10 bits per heavy atom. The highest BCUT2D eigenvalue weighted by molar-refractivity contribution is 5.89. The first kappa shape index (κ1) is 17.7. The summed E-state index contributed by atoms with van der Waals surface area (Å²) in [5.74, 6) is -0.741. The maximum Gasteiger partial charge on any atom is 0.343 e. The maximum atomic E-state index is 13.2. The Bertz CT molecular complexity index is 1280. The molecule has 2 aromatic heterocycles. The molecule has 0 saturated heterocycles. The number of aliphatic hydroxyl groups is 1. The molecular formula is C21H18N4O4. The number of benzene rings is 1.